The molecule has 0 saturated carbocycles. The molecule has 1 saturated heterocycles. The first-order valence-electron chi connectivity index (χ1n) is 8.01. The largest absolute Gasteiger partial charge is 0.367 e. The Morgan fingerprint density at radius 2 is 1.83 bits per heavy atom. The number of methoxy groups -OCH3 is 1. The summed E-state index contributed by atoms with van der Waals surface area (Å²) < 4.78 is 5.41. The van der Waals surface area contributed by atoms with E-state index in [9.17, 15) is 9.59 Å². The number of likely N-dealkylation sites (N-methyl/N-ethyl adjacent to an activating group) is 1. The zero-order valence-electron chi connectivity index (χ0n) is 13.8. The van der Waals surface area contributed by atoms with Gasteiger partial charge in [0.2, 0.25) is 5.91 Å². The lowest BCUT2D eigenvalue weighted by Crippen LogP contribution is -2.52. The van der Waals surface area contributed by atoms with Gasteiger partial charge >= 0.3 is 0 Å². The molecule has 6 nitrogen and oxygen atoms in total. The molecule has 1 fully saturated rings. The molecule has 0 unspecified atom stereocenters. The fourth-order valence-corrected chi connectivity index (χ4v) is 2.76. The monoisotopic (exact) mass is 319 g/mol. The van der Waals surface area contributed by atoms with Crippen molar-refractivity contribution in [2.45, 2.75) is 13.0 Å². The van der Waals surface area contributed by atoms with E-state index < -0.39 is 6.10 Å². The molecule has 6 heteroatoms. The van der Waals surface area contributed by atoms with Gasteiger partial charge in [0, 0.05) is 39.8 Å². The summed E-state index contributed by atoms with van der Waals surface area (Å²) in [5, 5.41) is 2.79. The van der Waals surface area contributed by atoms with E-state index in [1.807, 2.05) is 42.2 Å². The van der Waals surface area contributed by atoms with E-state index in [1.165, 1.54) is 0 Å². The Morgan fingerprint density at radius 1 is 1.17 bits per heavy atom. The number of carbonyl (C=O) groups is 2. The van der Waals surface area contributed by atoms with Crippen LogP contribution in [0.1, 0.15) is 18.6 Å². The second-order valence-electron chi connectivity index (χ2n) is 5.58. The van der Waals surface area contributed by atoms with Crippen LogP contribution in [0.15, 0.2) is 30.3 Å². The molecule has 2 rings (SSSR count). The molecule has 1 aliphatic heterocycles. The van der Waals surface area contributed by atoms with Crippen LogP contribution in [0.4, 0.5) is 0 Å². The third kappa shape index (κ3) is 4.77. The first kappa shape index (κ1) is 17.4. The normalized spacial score (nSPS) is 16.9. The van der Waals surface area contributed by atoms with Gasteiger partial charge in [0.1, 0.15) is 0 Å². The van der Waals surface area contributed by atoms with Gasteiger partial charge in [-0.25, -0.2) is 0 Å². The molecule has 0 bridgehead atoms. The van der Waals surface area contributed by atoms with E-state index in [1.54, 1.807) is 7.11 Å². The van der Waals surface area contributed by atoms with Crippen molar-refractivity contribution in [2.24, 2.45) is 0 Å². The molecule has 0 spiro atoms. The van der Waals surface area contributed by atoms with Gasteiger partial charge in [-0.05, 0) is 12.5 Å². The number of carbonyl (C=O) groups excluding carboxylic acids is 2. The second-order valence-corrected chi connectivity index (χ2v) is 5.58. The van der Waals surface area contributed by atoms with E-state index in [2.05, 4.69) is 10.2 Å². The number of hydrogen-bond donors (Lipinski definition) is 1. The molecule has 1 heterocycles. The van der Waals surface area contributed by atoms with Crippen molar-refractivity contribution in [3.63, 3.8) is 0 Å². The highest BCUT2D eigenvalue weighted by atomic mass is 16.5. The number of nitrogens with one attached hydrogen (secondary N) is 1. The van der Waals surface area contributed by atoms with Gasteiger partial charge in [-0.15, -0.1) is 0 Å². The van der Waals surface area contributed by atoms with Crippen molar-refractivity contribution in [3.8, 4) is 0 Å². The number of ether oxygens (including phenoxy) is 1. The Labute approximate surface area is 137 Å². The number of rotatable bonds is 6. The smallest absolute Gasteiger partial charge is 0.256 e. The van der Waals surface area contributed by atoms with Crippen molar-refractivity contribution < 1.29 is 14.3 Å². The van der Waals surface area contributed by atoms with Gasteiger partial charge in [-0.1, -0.05) is 30.3 Å². The van der Waals surface area contributed by atoms with Gasteiger partial charge in [-0.3, -0.25) is 14.5 Å². The highest BCUT2D eigenvalue weighted by Gasteiger charge is 2.28. The first-order chi connectivity index (χ1) is 11.2. The van der Waals surface area contributed by atoms with Crippen molar-refractivity contribution in [2.75, 3.05) is 46.4 Å². The predicted molar refractivity (Wildman–Crippen MR) is 87.9 cm³/mol. The van der Waals surface area contributed by atoms with Crippen LogP contribution in [0.3, 0.4) is 0 Å². The molecule has 1 N–H and O–H groups in total. The van der Waals surface area contributed by atoms with E-state index in [-0.39, 0.29) is 11.8 Å². The van der Waals surface area contributed by atoms with E-state index >= 15 is 0 Å². The van der Waals surface area contributed by atoms with Crippen LogP contribution >= 0.6 is 0 Å². The molecule has 1 aromatic carbocycles. The fraction of sp³-hybridized carbons (Fsp3) is 0.529. The zero-order valence-corrected chi connectivity index (χ0v) is 13.8. The molecular weight excluding hydrogens is 294 g/mol. The molecule has 0 aliphatic carbocycles. The maximum Gasteiger partial charge on any atom is 0.256 e. The van der Waals surface area contributed by atoms with Crippen LogP contribution in [0, 0.1) is 0 Å². The molecule has 0 aromatic heterocycles. The summed E-state index contributed by atoms with van der Waals surface area (Å²) in [5.74, 6) is 0.0164. The van der Waals surface area contributed by atoms with Crippen LogP contribution < -0.4 is 5.32 Å². The zero-order chi connectivity index (χ0) is 16.7. The van der Waals surface area contributed by atoms with Crippen LogP contribution in [0.5, 0.6) is 0 Å². The summed E-state index contributed by atoms with van der Waals surface area (Å²) in [6, 6.07) is 9.52. The second kappa shape index (κ2) is 8.64. The van der Waals surface area contributed by atoms with Crippen LogP contribution in [-0.2, 0) is 14.3 Å². The number of piperazine rings is 1. The number of nitrogens with zero attached hydrogens (tertiary/aromatic N) is 2. The molecule has 1 aliphatic rings. The van der Waals surface area contributed by atoms with Gasteiger partial charge in [0.25, 0.3) is 5.91 Å². The van der Waals surface area contributed by atoms with Crippen LogP contribution in [-0.4, -0.2) is 68.0 Å². The number of hydrogen-bond acceptors (Lipinski definition) is 4. The highest BCUT2D eigenvalue weighted by Crippen LogP contribution is 2.20. The van der Waals surface area contributed by atoms with Crippen molar-refractivity contribution >= 4 is 11.8 Å². The fourth-order valence-electron chi connectivity index (χ4n) is 2.76. The van der Waals surface area contributed by atoms with E-state index in [0.717, 1.165) is 5.56 Å². The minimum atomic E-state index is -0.564. The highest BCUT2D eigenvalue weighted by molar-refractivity contribution is 5.82. The van der Waals surface area contributed by atoms with Crippen LogP contribution in [0.2, 0.25) is 0 Å². The summed E-state index contributed by atoms with van der Waals surface area (Å²) in [5.41, 5.74) is 0.866. The topological polar surface area (TPSA) is 61.9 Å². The Bertz CT molecular complexity index is 513. The van der Waals surface area contributed by atoms with Gasteiger partial charge in [-0.2, -0.15) is 0 Å². The lowest BCUT2D eigenvalue weighted by molar-refractivity contribution is -0.144. The van der Waals surface area contributed by atoms with Gasteiger partial charge in [0.15, 0.2) is 6.10 Å². The lowest BCUT2D eigenvalue weighted by atomic mass is 10.1. The van der Waals surface area contributed by atoms with Gasteiger partial charge < -0.3 is 15.0 Å². The first-order valence-corrected chi connectivity index (χ1v) is 8.01. The minimum absolute atomic E-state index is 0.0173. The van der Waals surface area contributed by atoms with Gasteiger partial charge in [0.05, 0.1) is 6.54 Å². The molecule has 1 atom stereocenters. The SMILES string of the molecule is CCNC(=O)CN1CCN(C(=O)[C@@H](OC)c2ccccc2)CC1. The lowest BCUT2D eigenvalue weighted by Gasteiger charge is -2.35. The molecule has 2 amide bonds. The predicted octanol–water partition coefficient (Wildman–Crippen LogP) is 0.654. The summed E-state index contributed by atoms with van der Waals surface area (Å²) in [6.07, 6.45) is -0.564. The Morgan fingerprint density at radius 3 is 2.39 bits per heavy atom. The summed E-state index contributed by atoms with van der Waals surface area (Å²) in [4.78, 5) is 28.2. The molecule has 126 valence electrons. The molecule has 23 heavy (non-hydrogen) atoms. The van der Waals surface area contributed by atoms with Crippen LogP contribution in [0.25, 0.3) is 0 Å². The summed E-state index contributed by atoms with van der Waals surface area (Å²) >= 11 is 0. The van der Waals surface area contributed by atoms with Crippen molar-refractivity contribution in [1.29, 1.82) is 0 Å². The van der Waals surface area contributed by atoms with Crippen molar-refractivity contribution in [1.82, 2.24) is 15.1 Å². The minimum Gasteiger partial charge on any atom is -0.367 e. The number of benzene rings is 1. The van der Waals surface area contributed by atoms with Crippen molar-refractivity contribution in [3.05, 3.63) is 35.9 Å². The third-order valence-electron chi connectivity index (χ3n) is 3.99. The molecule has 1 aromatic rings. The Hall–Kier alpha value is -1.92. The summed E-state index contributed by atoms with van der Waals surface area (Å²) in [7, 11) is 1.56. The third-order valence-corrected chi connectivity index (χ3v) is 3.99. The molecule has 0 radical (unpaired) electrons. The summed E-state index contributed by atoms with van der Waals surface area (Å²) in [6.45, 7) is 5.58. The maximum atomic E-state index is 12.7. The maximum absolute atomic E-state index is 12.7. The number of amides is 2. The average Bonchev–Trinajstić information content (AvgIpc) is 2.57. The standard InChI is InChI=1S/C17H25N3O3/c1-3-18-15(21)13-19-9-11-20(12-10-19)17(22)16(23-2)14-7-5-4-6-8-14/h4-8,16H,3,9-13H2,1-2H3,(H,18,21)/t16-/m0/s1. The molecular formula is C17H25N3O3. The van der Waals surface area contributed by atoms with E-state index in [0.29, 0.717) is 39.3 Å². The van der Waals surface area contributed by atoms with E-state index in [4.69, 9.17) is 4.74 Å². The Balaban J connectivity index is 1.89. The average molecular weight is 319 g/mol. The quantitative estimate of drug-likeness (QED) is 0.836. The Kier molecular flexibility index (Phi) is 6.55.